The number of carbonyl (C=O) groups excluding carboxylic acids is 2. The van der Waals surface area contributed by atoms with Crippen molar-refractivity contribution >= 4 is 11.8 Å². The van der Waals surface area contributed by atoms with Crippen LogP contribution in [0.15, 0.2) is 30.3 Å². The van der Waals surface area contributed by atoms with E-state index in [4.69, 9.17) is 0 Å². The summed E-state index contributed by atoms with van der Waals surface area (Å²) in [6.45, 7) is 1.55. The molecule has 106 valence electrons. The molecule has 2 heterocycles. The predicted octanol–water partition coefficient (Wildman–Crippen LogP) is 1.36. The zero-order valence-electron chi connectivity index (χ0n) is 11.5. The zero-order chi connectivity index (χ0) is 13.9. The largest absolute Gasteiger partial charge is 0.353 e. The average molecular weight is 272 g/mol. The summed E-state index contributed by atoms with van der Waals surface area (Å²) in [4.78, 5) is 25.7. The van der Waals surface area contributed by atoms with E-state index < -0.39 is 0 Å². The summed E-state index contributed by atoms with van der Waals surface area (Å²) in [5.41, 5.74) is 1.07. The van der Waals surface area contributed by atoms with Crippen molar-refractivity contribution in [3.05, 3.63) is 35.9 Å². The van der Waals surface area contributed by atoms with E-state index in [1.54, 1.807) is 0 Å². The van der Waals surface area contributed by atoms with Gasteiger partial charge in [0.1, 0.15) is 0 Å². The first-order chi connectivity index (χ1) is 9.72. The number of likely N-dealkylation sites (tertiary alicyclic amines) is 1. The highest BCUT2D eigenvalue weighted by Gasteiger charge is 2.35. The van der Waals surface area contributed by atoms with Gasteiger partial charge in [0.15, 0.2) is 0 Å². The minimum Gasteiger partial charge on any atom is -0.353 e. The fourth-order valence-electron chi connectivity index (χ4n) is 3.22. The van der Waals surface area contributed by atoms with E-state index in [2.05, 4.69) is 5.32 Å². The lowest BCUT2D eigenvalue weighted by Gasteiger charge is -2.41. The normalized spacial score (nSPS) is 25.8. The Bertz CT molecular complexity index is 500. The lowest BCUT2D eigenvalue weighted by atomic mass is 9.85. The smallest absolute Gasteiger partial charge is 0.227 e. The van der Waals surface area contributed by atoms with E-state index in [0.29, 0.717) is 18.8 Å². The summed E-state index contributed by atoms with van der Waals surface area (Å²) in [5.74, 6) is 0.794. The standard InChI is InChI=1S/C16H20N2O2/c19-15-7-6-13-11-18(9-8-14(13)17-15)16(20)10-12-4-2-1-3-5-12/h1-5,13-14H,6-11H2,(H,17,19). The lowest BCUT2D eigenvalue weighted by molar-refractivity contribution is -0.134. The number of piperidine rings is 2. The number of nitrogens with one attached hydrogen (secondary N) is 1. The molecular formula is C16H20N2O2. The average Bonchev–Trinajstić information content (AvgIpc) is 2.47. The van der Waals surface area contributed by atoms with Gasteiger partial charge in [0.25, 0.3) is 0 Å². The van der Waals surface area contributed by atoms with E-state index in [0.717, 1.165) is 31.5 Å². The summed E-state index contributed by atoms with van der Waals surface area (Å²) in [6.07, 6.45) is 2.87. The summed E-state index contributed by atoms with van der Waals surface area (Å²) in [6, 6.07) is 10.1. The molecule has 2 unspecified atom stereocenters. The molecule has 2 saturated heterocycles. The van der Waals surface area contributed by atoms with E-state index in [-0.39, 0.29) is 17.9 Å². The van der Waals surface area contributed by atoms with Crippen LogP contribution in [0.3, 0.4) is 0 Å². The Labute approximate surface area is 119 Å². The number of fused-ring (bicyclic) bond motifs is 1. The maximum absolute atomic E-state index is 12.3. The van der Waals surface area contributed by atoms with Crippen LogP contribution in [0.1, 0.15) is 24.8 Å². The third kappa shape index (κ3) is 2.84. The Kier molecular flexibility index (Phi) is 3.72. The van der Waals surface area contributed by atoms with Gasteiger partial charge in [-0.25, -0.2) is 0 Å². The van der Waals surface area contributed by atoms with E-state index in [1.165, 1.54) is 0 Å². The third-order valence-corrected chi connectivity index (χ3v) is 4.37. The van der Waals surface area contributed by atoms with Gasteiger partial charge in [0.05, 0.1) is 6.42 Å². The molecule has 2 amide bonds. The molecule has 0 spiro atoms. The SMILES string of the molecule is O=C1CCC2CN(C(=O)Cc3ccccc3)CCC2N1. The summed E-state index contributed by atoms with van der Waals surface area (Å²) >= 11 is 0. The Morgan fingerprint density at radius 3 is 2.85 bits per heavy atom. The van der Waals surface area contributed by atoms with Crippen molar-refractivity contribution in [3.63, 3.8) is 0 Å². The van der Waals surface area contributed by atoms with Gasteiger partial charge in [-0.05, 0) is 24.3 Å². The zero-order valence-corrected chi connectivity index (χ0v) is 11.5. The van der Waals surface area contributed by atoms with Gasteiger partial charge in [-0.2, -0.15) is 0 Å². The van der Waals surface area contributed by atoms with E-state index in [9.17, 15) is 9.59 Å². The number of nitrogens with zero attached hydrogens (tertiary/aromatic N) is 1. The van der Waals surface area contributed by atoms with Gasteiger partial charge in [-0.1, -0.05) is 30.3 Å². The first-order valence-corrected chi connectivity index (χ1v) is 7.33. The molecule has 20 heavy (non-hydrogen) atoms. The molecule has 0 radical (unpaired) electrons. The second-order valence-corrected chi connectivity index (χ2v) is 5.76. The fraction of sp³-hybridized carbons (Fsp3) is 0.500. The highest BCUT2D eigenvalue weighted by Crippen LogP contribution is 2.25. The summed E-state index contributed by atoms with van der Waals surface area (Å²) < 4.78 is 0. The number of hydrogen-bond donors (Lipinski definition) is 1. The quantitative estimate of drug-likeness (QED) is 0.883. The van der Waals surface area contributed by atoms with Crippen molar-refractivity contribution in [1.29, 1.82) is 0 Å². The monoisotopic (exact) mass is 272 g/mol. The number of amides is 2. The summed E-state index contributed by atoms with van der Waals surface area (Å²) in [7, 11) is 0. The first-order valence-electron chi connectivity index (χ1n) is 7.33. The number of hydrogen-bond acceptors (Lipinski definition) is 2. The molecule has 4 heteroatoms. The molecule has 0 saturated carbocycles. The maximum atomic E-state index is 12.3. The molecular weight excluding hydrogens is 252 g/mol. The van der Waals surface area contributed by atoms with Crippen molar-refractivity contribution in [2.75, 3.05) is 13.1 Å². The van der Waals surface area contributed by atoms with Gasteiger partial charge in [0, 0.05) is 25.6 Å². The van der Waals surface area contributed by atoms with Gasteiger partial charge in [-0.3, -0.25) is 9.59 Å². The number of rotatable bonds is 2. The third-order valence-electron chi connectivity index (χ3n) is 4.37. The van der Waals surface area contributed by atoms with Crippen molar-refractivity contribution in [3.8, 4) is 0 Å². The minimum atomic E-state index is 0.162. The van der Waals surface area contributed by atoms with Crippen LogP contribution >= 0.6 is 0 Å². The van der Waals surface area contributed by atoms with Crippen molar-refractivity contribution in [2.45, 2.75) is 31.7 Å². The van der Waals surface area contributed by atoms with Gasteiger partial charge >= 0.3 is 0 Å². The maximum Gasteiger partial charge on any atom is 0.227 e. The molecule has 4 nitrogen and oxygen atoms in total. The van der Waals surface area contributed by atoms with Crippen LogP contribution in [0, 0.1) is 5.92 Å². The predicted molar refractivity (Wildman–Crippen MR) is 76.0 cm³/mol. The molecule has 0 aliphatic carbocycles. The Hall–Kier alpha value is -1.84. The van der Waals surface area contributed by atoms with Crippen molar-refractivity contribution in [2.24, 2.45) is 5.92 Å². The molecule has 2 aliphatic heterocycles. The Balaban J connectivity index is 1.59. The topological polar surface area (TPSA) is 49.4 Å². The molecule has 2 atom stereocenters. The highest BCUT2D eigenvalue weighted by atomic mass is 16.2. The van der Waals surface area contributed by atoms with Crippen LogP contribution in [0.4, 0.5) is 0 Å². The molecule has 0 aromatic heterocycles. The molecule has 2 fully saturated rings. The molecule has 1 N–H and O–H groups in total. The minimum absolute atomic E-state index is 0.162. The van der Waals surface area contributed by atoms with Crippen LogP contribution in [0.25, 0.3) is 0 Å². The van der Waals surface area contributed by atoms with Crippen LogP contribution in [-0.4, -0.2) is 35.8 Å². The van der Waals surface area contributed by atoms with Crippen LogP contribution in [0.2, 0.25) is 0 Å². The van der Waals surface area contributed by atoms with Crippen LogP contribution in [-0.2, 0) is 16.0 Å². The van der Waals surface area contributed by atoms with E-state index in [1.807, 2.05) is 35.2 Å². The molecule has 2 aliphatic rings. The number of benzene rings is 1. The second kappa shape index (κ2) is 5.65. The van der Waals surface area contributed by atoms with Crippen molar-refractivity contribution in [1.82, 2.24) is 10.2 Å². The van der Waals surface area contributed by atoms with E-state index >= 15 is 0 Å². The van der Waals surface area contributed by atoms with Crippen LogP contribution < -0.4 is 5.32 Å². The van der Waals surface area contributed by atoms with Crippen molar-refractivity contribution < 1.29 is 9.59 Å². The van der Waals surface area contributed by atoms with Gasteiger partial charge < -0.3 is 10.2 Å². The molecule has 1 aromatic rings. The lowest BCUT2D eigenvalue weighted by Crippen LogP contribution is -2.55. The van der Waals surface area contributed by atoms with Gasteiger partial charge in [0.2, 0.25) is 11.8 Å². The highest BCUT2D eigenvalue weighted by molar-refractivity contribution is 5.79. The molecule has 0 bridgehead atoms. The van der Waals surface area contributed by atoms with Gasteiger partial charge in [-0.15, -0.1) is 0 Å². The molecule has 3 rings (SSSR count). The fourth-order valence-corrected chi connectivity index (χ4v) is 3.22. The molecule has 1 aromatic carbocycles. The Morgan fingerprint density at radius 2 is 2.05 bits per heavy atom. The Morgan fingerprint density at radius 1 is 1.25 bits per heavy atom. The summed E-state index contributed by atoms with van der Waals surface area (Å²) in [5, 5.41) is 3.05. The second-order valence-electron chi connectivity index (χ2n) is 5.76. The number of carbonyl (C=O) groups is 2. The first kappa shape index (κ1) is 13.2. The van der Waals surface area contributed by atoms with Crippen LogP contribution in [0.5, 0.6) is 0 Å².